The zero-order valence-electron chi connectivity index (χ0n) is 10.8. The van der Waals surface area contributed by atoms with Crippen molar-refractivity contribution in [3.8, 4) is 0 Å². The molecule has 2 amide bonds. The lowest BCUT2D eigenvalue weighted by Gasteiger charge is -2.21. The third-order valence-electron chi connectivity index (χ3n) is 2.43. The SMILES string of the molecule is CSCC[C@H](NC=O)C(=O)N[C@H](C(=O)O)C(C)C. The predicted octanol–water partition coefficient (Wildman–Crippen LogP) is 0.0795. The fourth-order valence-corrected chi connectivity index (χ4v) is 1.85. The summed E-state index contributed by atoms with van der Waals surface area (Å²) in [4.78, 5) is 33.2. The van der Waals surface area contributed by atoms with E-state index in [1.807, 2.05) is 6.26 Å². The Bertz CT molecular complexity index is 297. The van der Waals surface area contributed by atoms with Crippen molar-refractivity contribution < 1.29 is 19.5 Å². The summed E-state index contributed by atoms with van der Waals surface area (Å²) in [5, 5.41) is 13.8. The zero-order valence-corrected chi connectivity index (χ0v) is 11.6. The summed E-state index contributed by atoms with van der Waals surface area (Å²) in [5.41, 5.74) is 0. The molecule has 0 aromatic rings. The predicted molar refractivity (Wildman–Crippen MR) is 70.4 cm³/mol. The smallest absolute Gasteiger partial charge is 0.326 e. The van der Waals surface area contributed by atoms with Gasteiger partial charge in [-0.05, 0) is 24.3 Å². The molecule has 0 radical (unpaired) electrons. The van der Waals surface area contributed by atoms with Crippen LogP contribution in [0.5, 0.6) is 0 Å². The molecule has 104 valence electrons. The number of thioether (sulfide) groups is 1. The minimum Gasteiger partial charge on any atom is -0.480 e. The highest BCUT2D eigenvalue weighted by molar-refractivity contribution is 7.98. The molecule has 0 unspecified atom stereocenters. The van der Waals surface area contributed by atoms with E-state index in [4.69, 9.17) is 5.11 Å². The number of nitrogens with one attached hydrogen (secondary N) is 2. The molecule has 0 aliphatic rings. The molecular formula is C11H20N2O4S. The summed E-state index contributed by atoms with van der Waals surface area (Å²) in [6.07, 6.45) is 2.82. The van der Waals surface area contributed by atoms with Crippen LogP contribution in [0.25, 0.3) is 0 Å². The van der Waals surface area contributed by atoms with Crippen molar-refractivity contribution in [1.29, 1.82) is 0 Å². The van der Waals surface area contributed by atoms with Crippen LogP contribution in [-0.2, 0) is 14.4 Å². The van der Waals surface area contributed by atoms with Gasteiger partial charge in [-0.2, -0.15) is 11.8 Å². The molecule has 0 aliphatic heterocycles. The van der Waals surface area contributed by atoms with E-state index < -0.39 is 24.0 Å². The van der Waals surface area contributed by atoms with Crippen LogP contribution in [0, 0.1) is 5.92 Å². The molecule has 0 spiro atoms. The second-order valence-corrected chi connectivity index (χ2v) is 5.17. The van der Waals surface area contributed by atoms with Gasteiger partial charge in [0.15, 0.2) is 0 Å². The number of carboxylic acids is 1. The van der Waals surface area contributed by atoms with Gasteiger partial charge in [-0.15, -0.1) is 0 Å². The maximum absolute atomic E-state index is 11.9. The fourth-order valence-electron chi connectivity index (χ4n) is 1.38. The lowest BCUT2D eigenvalue weighted by Crippen LogP contribution is -2.52. The third kappa shape index (κ3) is 5.90. The molecule has 0 saturated heterocycles. The largest absolute Gasteiger partial charge is 0.480 e. The molecule has 0 bridgehead atoms. The normalized spacial score (nSPS) is 13.8. The van der Waals surface area contributed by atoms with Gasteiger partial charge in [-0.3, -0.25) is 9.59 Å². The molecule has 18 heavy (non-hydrogen) atoms. The van der Waals surface area contributed by atoms with Gasteiger partial charge in [-0.1, -0.05) is 13.8 Å². The maximum Gasteiger partial charge on any atom is 0.326 e. The highest BCUT2D eigenvalue weighted by Gasteiger charge is 2.26. The molecule has 0 fully saturated rings. The highest BCUT2D eigenvalue weighted by atomic mass is 32.2. The minimum atomic E-state index is -1.08. The van der Waals surface area contributed by atoms with Crippen LogP contribution in [0.3, 0.4) is 0 Å². The lowest BCUT2D eigenvalue weighted by atomic mass is 10.0. The van der Waals surface area contributed by atoms with Crippen LogP contribution in [0.2, 0.25) is 0 Å². The van der Waals surface area contributed by atoms with Crippen LogP contribution in [0.4, 0.5) is 0 Å². The molecule has 6 nitrogen and oxygen atoms in total. The molecular weight excluding hydrogens is 256 g/mol. The van der Waals surface area contributed by atoms with E-state index in [9.17, 15) is 14.4 Å². The van der Waals surface area contributed by atoms with Gasteiger partial charge in [0.2, 0.25) is 12.3 Å². The Morgan fingerprint density at radius 3 is 2.39 bits per heavy atom. The average molecular weight is 276 g/mol. The first-order chi connectivity index (χ1) is 8.43. The molecule has 0 heterocycles. The van der Waals surface area contributed by atoms with Crippen molar-refractivity contribution in [2.75, 3.05) is 12.0 Å². The molecule has 7 heteroatoms. The van der Waals surface area contributed by atoms with Gasteiger partial charge < -0.3 is 15.7 Å². The Hall–Kier alpha value is -1.24. The Kier molecular flexibility index (Phi) is 8.19. The minimum absolute atomic E-state index is 0.219. The van der Waals surface area contributed by atoms with E-state index >= 15 is 0 Å². The van der Waals surface area contributed by atoms with Crippen molar-refractivity contribution in [3.05, 3.63) is 0 Å². The quantitative estimate of drug-likeness (QED) is 0.518. The summed E-state index contributed by atoms with van der Waals surface area (Å²) >= 11 is 1.55. The first-order valence-corrected chi connectivity index (χ1v) is 7.05. The van der Waals surface area contributed by atoms with Gasteiger partial charge in [0.25, 0.3) is 0 Å². The number of carboxylic acid groups (broad SMARTS) is 1. The average Bonchev–Trinajstić information content (AvgIpc) is 2.30. The lowest BCUT2D eigenvalue weighted by molar-refractivity contribution is -0.143. The van der Waals surface area contributed by atoms with Crippen molar-refractivity contribution >= 4 is 30.0 Å². The second kappa shape index (κ2) is 8.79. The van der Waals surface area contributed by atoms with Gasteiger partial charge in [0, 0.05) is 0 Å². The van der Waals surface area contributed by atoms with Crippen molar-refractivity contribution in [1.82, 2.24) is 10.6 Å². The summed E-state index contributed by atoms with van der Waals surface area (Å²) in [6, 6.07) is -1.63. The summed E-state index contributed by atoms with van der Waals surface area (Å²) in [7, 11) is 0. The molecule has 0 aromatic heterocycles. The third-order valence-corrected chi connectivity index (χ3v) is 3.07. The number of carbonyl (C=O) groups is 3. The van der Waals surface area contributed by atoms with E-state index in [0.717, 1.165) is 0 Å². The Morgan fingerprint density at radius 2 is 2.00 bits per heavy atom. The first-order valence-electron chi connectivity index (χ1n) is 5.65. The van der Waals surface area contributed by atoms with Crippen molar-refractivity contribution in [2.24, 2.45) is 5.92 Å². The van der Waals surface area contributed by atoms with E-state index in [1.165, 1.54) is 0 Å². The number of hydrogen-bond donors (Lipinski definition) is 3. The van der Waals surface area contributed by atoms with Crippen molar-refractivity contribution in [3.63, 3.8) is 0 Å². The molecule has 3 N–H and O–H groups in total. The summed E-state index contributed by atoms with van der Waals surface area (Å²) in [5.74, 6) is -1.05. The molecule has 0 aliphatic carbocycles. The Labute approximate surface area is 111 Å². The Balaban J connectivity index is 4.55. The number of hydrogen-bond acceptors (Lipinski definition) is 4. The number of amides is 2. The molecule has 2 atom stereocenters. The summed E-state index contributed by atoms with van der Waals surface area (Å²) < 4.78 is 0. The van der Waals surface area contributed by atoms with Crippen LogP contribution < -0.4 is 10.6 Å². The monoisotopic (exact) mass is 276 g/mol. The number of rotatable bonds is 9. The van der Waals surface area contributed by atoms with E-state index in [2.05, 4.69) is 10.6 Å². The zero-order chi connectivity index (χ0) is 14.1. The first kappa shape index (κ1) is 16.8. The van der Waals surface area contributed by atoms with E-state index in [0.29, 0.717) is 18.6 Å². The second-order valence-electron chi connectivity index (χ2n) is 4.19. The van der Waals surface area contributed by atoms with Crippen LogP contribution in [0.1, 0.15) is 20.3 Å². The fraction of sp³-hybridized carbons (Fsp3) is 0.727. The van der Waals surface area contributed by atoms with Crippen LogP contribution >= 0.6 is 11.8 Å². The topological polar surface area (TPSA) is 95.5 Å². The van der Waals surface area contributed by atoms with E-state index in [-0.39, 0.29) is 5.92 Å². The Morgan fingerprint density at radius 1 is 1.39 bits per heavy atom. The maximum atomic E-state index is 11.9. The van der Waals surface area contributed by atoms with Gasteiger partial charge >= 0.3 is 5.97 Å². The summed E-state index contributed by atoms with van der Waals surface area (Å²) in [6.45, 7) is 3.42. The van der Waals surface area contributed by atoms with Gasteiger partial charge in [0.05, 0.1) is 0 Å². The van der Waals surface area contributed by atoms with E-state index in [1.54, 1.807) is 25.6 Å². The van der Waals surface area contributed by atoms with Crippen LogP contribution in [0.15, 0.2) is 0 Å². The molecule has 0 saturated carbocycles. The number of aliphatic carboxylic acids is 1. The standard InChI is InChI=1S/C11H20N2O4S/c1-7(2)9(11(16)17)13-10(15)8(12-6-14)4-5-18-3/h6-9H,4-5H2,1-3H3,(H,12,14)(H,13,15)(H,16,17)/t8-,9-/m0/s1. The van der Waals surface area contributed by atoms with Gasteiger partial charge in [0.1, 0.15) is 12.1 Å². The highest BCUT2D eigenvalue weighted by Crippen LogP contribution is 2.05. The van der Waals surface area contributed by atoms with Crippen LogP contribution in [-0.4, -0.2) is 47.5 Å². The molecule has 0 rings (SSSR count). The molecule has 0 aromatic carbocycles. The van der Waals surface area contributed by atoms with Gasteiger partial charge in [-0.25, -0.2) is 4.79 Å². The van der Waals surface area contributed by atoms with Crippen molar-refractivity contribution in [2.45, 2.75) is 32.4 Å². The number of carbonyl (C=O) groups excluding carboxylic acids is 2.